The number of aryl methyl sites for hydroxylation is 1. The zero-order valence-electron chi connectivity index (χ0n) is 14.0. The molecular weight excluding hydrogens is 296 g/mol. The number of amides is 1. The molecule has 130 valence electrons. The van der Waals surface area contributed by atoms with Crippen molar-refractivity contribution >= 4 is 11.6 Å². The van der Waals surface area contributed by atoms with Crippen LogP contribution in [0, 0.1) is 5.92 Å². The molecule has 0 saturated heterocycles. The minimum absolute atomic E-state index is 0.00769. The van der Waals surface area contributed by atoms with E-state index in [1.54, 1.807) is 0 Å². The number of ether oxygens (including phenoxy) is 2. The number of carbonyl (C=O) groups excluding carboxylic acids is 1. The molecule has 0 saturated carbocycles. The minimum Gasteiger partial charge on any atom is -0.491 e. The van der Waals surface area contributed by atoms with Crippen LogP contribution in [0.1, 0.15) is 25.8 Å². The SMILES string of the molecule is CC(C)COc1ccc(CCC(=O)NCCOCCO)cc1N. The van der Waals surface area contributed by atoms with Gasteiger partial charge in [0.05, 0.1) is 32.1 Å². The molecule has 1 rings (SSSR count). The second kappa shape index (κ2) is 10.9. The molecule has 0 heterocycles. The Labute approximate surface area is 138 Å². The average molecular weight is 324 g/mol. The van der Waals surface area contributed by atoms with Gasteiger partial charge < -0.3 is 25.6 Å². The molecule has 1 aromatic carbocycles. The van der Waals surface area contributed by atoms with Crippen LogP contribution in [-0.2, 0) is 16.0 Å². The van der Waals surface area contributed by atoms with Gasteiger partial charge in [-0.05, 0) is 30.0 Å². The molecule has 0 aliphatic rings. The molecule has 6 heteroatoms. The highest BCUT2D eigenvalue weighted by Gasteiger charge is 2.06. The van der Waals surface area contributed by atoms with Crippen LogP contribution in [0.25, 0.3) is 0 Å². The Kier molecular flexibility index (Phi) is 9.09. The second-order valence-corrected chi connectivity index (χ2v) is 5.76. The van der Waals surface area contributed by atoms with E-state index in [1.807, 2.05) is 18.2 Å². The van der Waals surface area contributed by atoms with Gasteiger partial charge in [0.2, 0.25) is 5.91 Å². The first-order chi connectivity index (χ1) is 11.0. The van der Waals surface area contributed by atoms with Crippen molar-refractivity contribution in [3.63, 3.8) is 0 Å². The molecular formula is C17H28N2O4. The van der Waals surface area contributed by atoms with Gasteiger partial charge in [-0.3, -0.25) is 4.79 Å². The molecule has 6 nitrogen and oxygen atoms in total. The number of nitrogen functional groups attached to an aromatic ring is 1. The molecule has 1 aromatic rings. The second-order valence-electron chi connectivity index (χ2n) is 5.76. The fraction of sp³-hybridized carbons (Fsp3) is 0.588. The van der Waals surface area contributed by atoms with Crippen molar-refractivity contribution in [2.45, 2.75) is 26.7 Å². The monoisotopic (exact) mass is 324 g/mol. The maximum Gasteiger partial charge on any atom is 0.220 e. The maximum atomic E-state index is 11.7. The molecule has 0 spiro atoms. The Hall–Kier alpha value is -1.79. The lowest BCUT2D eigenvalue weighted by molar-refractivity contribution is -0.121. The number of hydrogen-bond donors (Lipinski definition) is 3. The number of aliphatic hydroxyl groups excluding tert-OH is 1. The first-order valence-corrected chi connectivity index (χ1v) is 7.99. The van der Waals surface area contributed by atoms with Gasteiger partial charge in [0.25, 0.3) is 0 Å². The van der Waals surface area contributed by atoms with Crippen LogP contribution in [0.3, 0.4) is 0 Å². The summed E-state index contributed by atoms with van der Waals surface area (Å²) in [7, 11) is 0. The molecule has 0 atom stereocenters. The van der Waals surface area contributed by atoms with Gasteiger partial charge in [-0.1, -0.05) is 19.9 Å². The van der Waals surface area contributed by atoms with Gasteiger partial charge in [-0.15, -0.1) is 0 Å². The van der Waals surface area contributed by atoms with E-state index in [4.69, 9.17) is 20.3 Å². The maximum absolute atomic E-state index is 11.7. The topological polar surface area (TPSA) is 93.8 Å². The van der Waals surface area contributed by atoms with E-state index in [0.717, 1.165) is 5.56 Å². The third-order valence-corrected chi connectivity index (χ3v) is 3.09. The van der Waals surface area contributed by atoms with Gasteiger partial charge in [0, 0.05) is 13.0 Å². The summed E-state index contributed by atoms with van der Waals surface area (Å²) in [6.07, 6.45) is 1.02. The molecule has 0 bridgehead atoms. The molecule has 23 heavy (non-hydrogen) atoms. The fourth-order valence-corrected chi connectivity index (χ4v) is 1.92. The van der Waals surface area contributed by atoms with Gasteiger partial charge in [-0.25, -0.2) is 0 Å². The number of carbonyl (C=O) groups is 1. The smallest absolute Gasteiger partial charge is 0.220 e. The van der Waals surface area contributed by atoms with E-state index in [1.165, 1.54) is 0 Å². The minimum atomic E-state index is -0.0312. The third kappa shape index (κ3) is 8.42. The largest absolute Gasteiger partial charge is 0.491 e. The average Bonchev–Trinajstić information content (AvgIpc) is 2.51. The van der Waals surface area contributed by atoms with Crippen LogP contribution < -0.4 is 15.8 Å². The third-order valence-electron chi connectivity index (χ3n) is 3.09. The quantitative estimate of drug-likeness (QED) is 0.422. The lowest BCUT2D eigenvalue weighted by atomic mass is 10.1. The van der Waals surface area contributed by atoms with Crippen molar-refractivity contribution in [2.75, 3.05) is 38.7 Å². The summed E-state index contributed by atoms with van der Waals surface area (Å²) in [5.41, 5.74) is 7.58. The first-order valence-electron chi connectivity index (χ1n) is 7.99. The van der Waals surface area contributed by atoms with E-state index in [0.29, 0.717) is 56.6 Å². The zero-order chi connectivity index (χ0) is 17.1. The van der Waals surface area contributed by atoms with Crippen LogP contribution in [-0.4, -0.2) is 44.0 Å². The Balaban J connectivity index is 2.31. The Morgan fingerprint density at radius 3 is 2.78 bits per heavy atom. The van der Waals surface area contributed by atoms with Gasteiger partial charge in [-0.2, -0.15) is 0 Å². The zero-order valence-corrected chi connectivity index (χ0v) is 14.0. The molecule has 0 fully saturated rings. The summed E-state index contributed by atoms with van der Waals surface area (Å²) < 4.78 is 10.7. The summed E-state index contributed by atoms with van der Waals surface area (Å²) >= 11 is 0. The molecule has 0 radical (unpaired) electrons. The lowest BCUT2D eigenvalue weighted by Gasteiger charge is -2.12. The van der Waals surface area contributed by atoms with Crippen molar-refractivity contribution in [3.8, 4) is 5.75 Å². The molecule has 0 unspecified atom stereocenters. The van der Waals surface area contributed by atoms with E-state index in [-0.39, 0.29) is 12.5 Å². The predicted octanol–water partition coefficient (Wildman–Crippen LogP) is 1.36. The van der Waals surface area contributed by atoms with E-state index in [9.17, 15) is 4.79 Å². The van der Waals surface area contributed by atoms with Crippen molar-refractivity contribution < 1.29 is 19.4 Å². The van der Waals surface area contributed by atoms with Crippen LogP contribution in [0.15, 0.2) is 18.2 Å². The number of benzene rings is 1. The van der Waals surface area contributed by atoms with Gasteiger partial charge in [0.15, 0.2) is 0 Å². The molecule has 1 amide bonds. The number of nitrogens with two attached hydrogens (primary N) is 1. The van der Waals surface area contributed by atoms with Crippen molar-refractivity contribution in [3.05, 3.63) is 23.8 Å². The molecule has 0 aliphatic carbocycles. The number of rotatable bonds is 11. The Morgan fingerprint density at radius 2 is 2.13 bits per heavy atom. The lowest BCUT2D eigenvalue weighted by Crippen LogP contribution is -2.27. The highest BCUT2D eigenvalue weighted by atomic mass is 16.5. The summed E-state index contributed by atoms with van der Waals surface area (Å²) in [4.78, 5) is 11.7. The number of hydrogen-bond acceptors (Lipinski definition) is 5. The van der Waals surface area contributed by atoms with Crippen molar-refractivity contribution in [2.24, 2.45) is 5.92 Å². The van der Waals surface area contributed by atoms with Crippen LogP contribution in [0.5, 0.6) is 5.75 Å². The molecule has 0 aromatic heterocycles. The molecule has 4 N–H and O–H groups in total. The highest BCUT2D eigenvalue weighted by Crippen LogP contribution is 2.23. The van der Waals surface area contributed by atoms with E-state index < -0.39 is 0 Å². The van der Waals surface area contributed by atoms with Crippen molar-refractivity contribution in [1.29, 1.82) is 0 Å². The Bertz CT molecular complexity index is 478. The van der Waals surface area contributed by atoms with E-state index in [2.05, 4.69) is 19.2 Å². The Morgan fingerprint density at radius 1 is 1.35 bits per heavy atom. The summed E-state index contributed by atoms with van der Waals surface area (Å²) in [6.45, 7) is 5.93. The molecule has 0 aliphatic heterocycles. The number of aliphatic hydroxyl groups is 1. The van der Waals surface area contributed by atoms with Crippen molar-refractivity contribution in [1.82, 2.24) is 5.32 Å². The van der Waals surface area contributed by atoms with E-state index >= 15 is 0 Å². The number of anilines is 1. The fourth-order valence-electron chi connectivity index (χ4n) is 1.92. The van der Waals surface area contributed by atoms with Crippen LogP contribution in [0.2, 0.25) is 0 Å². The number of nitrogens with one attached hydrogen (secondary N) is 1. The predicted molar refractivity (Wildman–Crippen MR) is 90.4 cm³/mol. The van der Waals surface area contributed by atoms with Gasteiger partial charge >= 0.3 is 0 Å². The first kappa shape index (κ1) is 19.3. The van der Waals surface area contributed by atoms with Crippen LogP contribution in [0.4, 0.5) is 5.69 Å². The van der Waals surface area contributed by atoms with Gasteiger partial charge in [0.1, 0.15) is 5.75 Å². The van der Waals surface area contributed by atoms with Crippen LogP contribution >= 0.6 is 0 Å². The summed E-state index contributed by atoms with van der Waals surface area (Å²) in [6, 6.07) is 5.64. The highest BCUT2D eigenvalue weighted by molar-refractivity contribution is 5.76. The summed E-state index contributed by atoms with van der Waals surface area (Å²) in [5.74, 6) is 1.10. The normalized spacial score (nSPS) is 10.8. The standard InChI is InChI=1S/C17H28N2O4/c1-13(2)12-23-16-5-3-14(11-15(16)18)4-6-17(21)19-7-9-22-10-8-20/h3,5,11,13,20H,4,6-10,12,18H2,1-2H3,(H,19,21). The summed E-state index contributed by atoms with van der Waals surface area (Å²) in [5, 5.41) is 11.3.